The molecule has 0 aliphatic heterocycles. The second kappa shape index (κ2) is 8.20. The van der Waals surface area contributed by atoms with Crippen LogP contribution in [0.2, 0.25) is 0 Å². The van der Waals surface area contributed by atoms with E-state index in [-0.39, 0.29) is 19.8 Å². The molecule has 17 heavy (non-hydrogen) atoms. The van der Waals surface area contributed by atoms with Gasteiger partial charge in [-0.15, -0.1) is 0 Å². The molecule has 0 amide bonds. The highest BCUT2D eigenvalue weighted by atomic mass is 16.3. The highest BCUT2D eigenvalue weighted by Crippen LogP contribution is 2.08. The third kappa shape index (κ3) is 5.28. The van der Waals surface area contributed by atoms with Gasteiger partial charge in [0.25, 0.3) is 0 Å². The first-order chi connectivity index (χ1) is 8.30. The number of benzene rings is 1. The van der Waals surface area contributed by atoms with Gasteiger partial charge in [-0.25, -0.2) is 0 Å². The maximum absolute atomic E-state index is 8.96. The van der Waals surface area contributed by atoms with E-state index in [0.717, 1.165) is 24.2 Å². The van der Waals surface area contributed by atoms with Gasteiger partial charge < -0.3 is 15.3 Å². The molecule has 0 spiro atoms. The summed E-state index contributed by atoms with van der Waals surface area (Å²) in [6, 6.07) is 7.76. The van der Waals surface area contributed by atoms with Gasteiger partial charge in [0.05, 0.1) is 13.2 Å². The lowest BCUT2D eigenvalue weighted by atomic mass is 10.1. The molecule has 4 nitrogen and oxygen atoms in total. The van der Waals surface area contributed by atoms with E-state index in [0.29, 0.717) is 13.0 Å². The van der Waals surface area contributed by atoms with E-state index in [1.165, 1.54) is 0 Å². The van der Waals surface area contributed by atoms with Crippen LogP contribution >= 0.6 is 0 Å². The highest BCUT2D eigenvalue weighted by Gasteiger charge is 2.05. The molecule has 0 radical (unpaired) electrons. The first kappa shape index (κ1) is 14.1. The Morgan fingerprint density at radius 2 is 1.47 bits per heavy atom. The molecular weight excluding hydrogens is 218 g/mol. The molecular formula is C13H21NO3. The Bertz CT molecular complexity index is 300. The van der Waals surface area contributed by atoms with E-state index in [9.17, 15) is 0 Å². The number of nitrogens with zero attached hydrogens (tertiary/aromatic N) is 1. The van der Waals surface area contributed by atoms with E-state index in [2.05, 4.69) is 4.90 Å². The molecule has 0 aliphatic rings. The van der Waals surface area contributed by atoms with Crippen LogP contribution in [0.4, 0.5) is 0 Å². The molecule has 1 rings (SSSR count). The normalized spacial score (nSPS) is 11.1. The third-order valence-corrected chi connectivity index (χ3v) is 2.66. The Morgan fingerprint density at radius 3 is 2.00 bits per heavy atom. The molecule has 0 bridgehead atoms. The predicted molar refractivity (Wildman–Crippen MR) is 66.4 cm³/mol. The maximum Gasteiger partial charge on any atom is 0.0681 e. The lowest BCUT2D eigenvalue weighted by Crippen LogP contribution is -2.28. The number of hydrogen-bond donors (Lipinski definition) is 3. The molecule has 0 heterocycles. The van der Waals surface area contributed by atoms with Crippen LogP contribution < -0.4 is 0 Å². The van der Waals surface area contributed by atoms with Gasteiger partial charge in [-0.3, -0.25) is 4.90 Å². The molecule has 0 aromatic heterocycles. The third-order valence-electron chi connectivity index (χ3n) is 2.66. The first-order valence-electron chi connectivity index (χ1n) is 5.93. The minimum absolute atomic E-state index is 0.0607. The van der Waals surface area contributed by atoms with Gasteiger partial charge in [0, 0.05) is 26.2 Å². The Kier molecular flexibility index (Phi) is 6.81. The molecule has 96 valence electrons. The summed E-state index contributed by atoms with van der Waals surface area (Å²) >= 11 is 0. The van der Waals surface area contributed by atoms with Crippen molar-refractivity contribution in [2.24, 2.45) is 0 Å². The Hall–Kier alpha value is -0.940. The smallest absolute Gasteiger partial charge is 0.0681 e. The summed E-state index contributed by atoms with van der Waals surface area (Å²) in [6.45, 7) is 2.50. The molecule has 0 atom stereocenters. The van der Waals surface area contributed by atoms with E-state index in [1.807, 2.05) is 24.3 Å². The van der Waals surface area contributed by atoms with E-state index >= 15 is 0 Å². The van der Waals surface area contributed by atoms with Crippen molar-refractivity contribution < 1.29 is 15.3 Å². The molecule has 3 N–H and O–H groups in total. The minimum atomic E-state index is 0.0607. The van der Waals surface area contributed by atoms with Gasteiger partial charge in [0.2, 0.25) is 0 Å². The summed E-state index contributed by atoms with van der Waals surface area (Å²) < 4.78 is 0. The average Bonchev–Trinajstić information content (AvgIpc) is 2.37. The monoisotopic (exact) mass is 239 g/mol. The van der Waals surface area contributed by atoms with Crippen LogP contribution in [-0.2, 0) is 13.2 Å². The first-order valence-corrected chi connectivity index (χ1v) is 5.93. The lowest BCUT2D eigenvalue weighted by Gasteiger charge is -2.21. The molecule has 1 aromatic carbocycles. The molecule has 0 fully saturated rings. The molecule has 1 aromatic rings. The predicted octanol–water partition coefficient (Wildman–Crippen LogP) is 0.356. The summed E-state index contributed by atoms with van der Waals surface area (Å²) in [5, 5.41) is 26.7. The largest absolute Gasteiger partial charge is 0.396 e. The van der Waals surface area contributed by atoms with Gasteiger partial charge in [-0.05, 0) is 17.5 Å². The van der Waals surface area contributed by atoms with Gasteiger partial charge in [0.15, 0.2) is 0 Å². The van der Waals surface area contributed by atoms with Crippen molar-refractivity contribution in [1.29, 1.82) is 0 Å². The van der Waals surface area contributed by atoms with Gasteiger partial charge in [0.1, 0.15) is 0 Å². The molecule has 0 aliphatic carbocycles. The zero-order chi connectivity index (χ0) is 12.5. The van der Waals surface area contributed by atoms with Crippen LogP contribution in [0, 0.1) is 0 Å². The Labute approximate surface area is 102 Å². The van der Waals surface area contributed by atoms with Crippen LogP contribution in [0.5, 0.6) is 0 Å². The fourth-order valence-electron chi connectivity index (χ4n) is 1.71. The average molecular weight is 239 g/mol. The number of aliphatic hydroxyl groups is 3. The van der Waals surface area contributed by atoms with Gasteiger partial charge in [-0.2, -0.15) is 0 Å². The minimum Gasteiger partial charge on any atom is -0.396 e. The summed E-state index contributed by atoms with van der Waals surface area (Å²) in [5.74, 6) is 0. The molecule has 0 saturated heterocycles. The van der Waals surface area contributed by atoms with Gasteiger partial charge in [-0.1, -0.05) is 24.3 Å². The van der Waals surface area contributed by atoms with Crippen molar-refractivity contribution >= 4 is 0 Å². The van der Waals surface area contributed by atoms with Crippen LogP contribution in [0.25, 0.3) is 0 Å². The van der Waals surface area contributed by atoms with Crippen molar-refractivity contribution in [2.75, 3.05) is 26.3 Å². The zero-order valence-corrected chi connectivity index (χ0v) is 10.0. The van der Waals surface area contributed by atoms with Crippen LogP contribution in [-0.4, -0.2) is 46.5 Å². The van der Waals surface area contributed by atoms with Crippen molar-refractivity contribution in [3.05, 3.63) is 35.4 Å². The zero-order valence-electron chi connectivity index (χ0n) is 10.0. The van der Waals surface area contributed by atoms with E-state index in [4.69, 9.17) is 15.3 Å². The second-order valence-electron chi connectivity index (χ2n) is 4.05. The lowest BCUT2D eigenvalue weighted by molar-refractivity contribution is 0.174. The SMILES string of the molecule is OCCCN(CCO)Cc1ccc(CO)cc1. The van der Waals surface area contributed by atoms with Crippen molar-refractivity contribution in [3.8, 4) is 0 Å². The molecule has 0 saturated carbocycles. The summed E-state index contributed by atoms with van der Waals surface area (Å²) in [7, 11) is 0. The Balaban J connectivity index is 2.51. The van der Waals surface area contributed by atoms with Crippen molar-refractivity contribution in [2.45, 2.75) is 19.6 Å². The number of hydrogen-bond acceptors (Lipinski definition) is 4. The number of aliphatic hydroxyl groups excluding tert-OH is 3. The topological polar surface area (TPSA) is 63.9 Å². The Morgan fingerprint density at radius 1 is 0.824 bits per heavy atom. The number of rotatable bonds is 8. The molecule has 0 unspecified atom stereocenters. The summed E-state index contributed by atoms with van der Waals surface area (Å²) in [6.07, 6.45) is 0.717. The second-order valence-corrected chi connectivity index (χ2v) is 4.05. The van der Waals surface area contributed by atoms with Crippen LogP contribution in [0.1, 0.15) is 17.5 Å². The van der Waals surface area contributed by atoms with Crippen LogP contribution in [0.3, 0.4) is 0 Å². The quantitative estimate of drug-likeness (QED) is 0.613. The maximum atomic E-state index is 8.96. The fraction of sp³-hybridized carbons (Fsp3) is 0.538. The van der Waals surface area contributed by atoms with Crippen LogP contribution in [0.15, 0.2) is 24.3 Å². The standard InChI is InChI=1S/C13H21NO3/c15-8-1-6-14(7-9-16)10-12-2-4-13(11-17)5-3-12/h2-5,15-17H,1,6-11H2. The van der Waals surface area contributed by atoms with Gasteiger partial charge >= 0.3 is 0 Å². The van der Waals surface area contributed by atoms with E-state index < -0.39 is 0 Å². The highest BCUT2D eigenvalue weighted by molar-refractivity contribution is 5.21. The summed E-state index contributed by atoms with van der Waals surface area (Å²) in [5.41, 5.74) is 2.05. The summed E-state index contributed by atoms with van der Waals surface area (Å²) in [4.78, 5) is 2.10. The van der Waals surface area contributed by atoms with Crippen molar-refractivity contribution in [1.82, 2.24) is 4.90 Å². The van der Waals surface area contributed by atoms with E-state index in [1.54, 1.807) is 0 Å². The molecule has 4 heteroatoms. The fourth-order valence-corrected chi connectivity index (χ4v) is 1.71. The van der Waals surface area contributed by atoms with Crippen molar-refractivity contribution in [3.63, 3.8) is 0 Å².